The summed E-state index contributed by atoms with van der Waals surface area (Å²) in [6, 6.07) is 13.3. The van der Waals surface area contributed by atoms with Gasteiger partial charge < -0.3 is 5.32 Å². The summed E-state index contributed by atoms with van der Waals surface area (Å²) in [7, 11) is 0. The van der Waals surface area contributed by atoms with Crippen molar-refractivity contribution in [3.63, 3.8) is 0 Å². The first-order chi connectivity index (χ1) is 13.8. The number of carbonyl (C=O) groups excluding carboxylic acids is 1. The van der Waals surface area contributed by atoms with Gasteiger partial charge in [-0.25, -0.2) is 4.98 Å². The number of aryl methyl sites for hydroxylation is 2. The van der Waals surface area contributed by atoms with Crippen molar-refractivity contribution in [1.29, 1.82) is 0 Å². The van der Waals surface area contributed by atoms with Crippen LogP contribution in [0.4, 0.5) is 5.69 Å². The minimum absolute atomic E-state index is 0.00305. The number of hydrogen-bond acceptors (Lipinski definition) is 4. The minimum atomic E-state index is -0.404. The molecule has 1 aromatic heterocycles. The zero-order chi connectivity index (χ0) is 21.1. The molecule has 1 heterocycles. The molecule has 5 nitrogen and oxygen atoms in total. The zero-order valence-corrected chi connectivity index (χ0v) is 18.3. The molecule has 0 aliphatic heterocycles. The number of anilines is 1. The van der Waals surface area contributed by atoms with E-state index in [1.54, 1.807) is 10.6 Å². The molecule has 0 saturated carbocycles. The molecule has 0 aliphatic carbocycles. The molecule has 0 spiro atoms. The highest BCUT2D eigenvalue weighted by Gasteiger charge is 2.21. The van der Waals surface area contributed by atoms with E-state index in [0.717, 1.165) is 23.2 Å². The SMILES string of the molecule is CC[C@@H](C)n1c(S[C@H](C)C(=O)Nc2ccc(C)cc2C)nc2ccccc2c1=O. The molecule has 0 saturated heterocycles. The van der Waals surface area contributed by atoms with E-state index < -0.39 is 5.25 Å². The summed E-state index contributed by atoms with van der Waals surface area (Å²) < 4.78 is 1.72. The summed E-state index contributed by atoms with van der Waals surface area (Å²) in [5.74, 6) is -0.111. The Morgan fingerprint density at radius 2 is 1.90 bits per heavy atom. The lowest BCUT2D eigenvalue weighted by Crippen LogP contribution is -2.28. The van der Waals surface area contributed by atoms with Gasteiger partial charge in [-0.15, -0.1) is 0 Å². The maximum absolute atomic E-state index is 13.1. The number of amides is 1. The van der Waals surface area contributed by atoms with Crippen LogP contribution in [0.25, 0.3) is 10.9 Å². The van der Waals surface area contributed by atoms with Crippen LogP contribution in [0.15, 0.2) is 52.4 Å². The van der Waals surface area contributed by atoms with E-state index in [2.05, 4.69) is 5.32 Å². The van der Waals surface area contributed by atoms with E-state index in [-0.39, 0.29) is 17.5 Å². The standard InChI is InChI=1S/C23H27N3O2S/c1-6-16(4)26-22(28)18-9-7-8-10-20(18)25-23(26)29-17(5)21(27)24-19-12-11-14(2)13-15(19)3/h7-13,16-17H,6H2,1-5H3,(H,24,27)/t16-,17-/m1/s1. The summed E-state index contributed by atoms with van der Waals surface area (Å²) >= 11 is 1.32. The van der Waals surface area contributed by atoms with Crippen molar-refractivity contribution in [2.75, 3.05) is 5.32 Å². The third-order valence-electron chi connectivity index (χ3n) is 5.10. The Bertz CT molecular complexity index is 1110. The van der Waals surface area contributed by atoms with E-state index >= 15 is 0 Å². The summed E-state index contributed by atoms with van der Waals surface area (Å²) in [5.41, 5.74) is 3.58. The van der Waals surface area contributed by atoms with Crippen molar-refractivity contribution in [3.8, 4) is 0 Å². The first kappa shape index (κ1) is 21.1. The maximum Gasteiger partial charge on any atom is 0.262 e. The van der Waals surface area contributed by atoms with Crippen LogP contribution < -0.4 is 10.9 Å². The van der Waals surface area contributed by atoms with Crippen molar-refractivity contribution in [3.05, 3.63) is 63.9 Å². The fourth-order valence-electron chi connectivity index (χ4n) is 3.18. The molecule has 3 aromatic rings. The summed E-state index contributed by atoms with van der Waals surface area (Å²) in [5, 5.41) is 3.77. The van der Waals surface area contributed by atoms with Crippen LogP contribution in [0.3, 0.4) is 0 Å². The van der Waals surface area contributed by atoms with Crippen LogP contribution in [-0.4, -0.2) is 20.7 Å². The number of fused-ring (bicyclic) bond motifs is 1. The molecule has 2 aromatic carbocycles. The molecule has 152 valence electrons. The fraction of sp³-hybridized carbons (Fsp3) is 0.348. The molecular weight excluding hydrogens is 382 g/mol. The third-order valence-corrected chi connectivity index (χ3v) is 6.16. The highest BCUT2D eigenvalue weighted by Crippen LogP contribution is 2.27. The first-order valence-electron chi connectivity index (χ1n) is 9.87. The molecule has 6 heteroatoms. The number of thioether (sulfide) groups is 1. The Morgan fingerprint density at radius 1 is 1.17 bits per heavy atom. The smallest absolute Gasteiger partial charge is 0.262 e. The van der Waals surface area contributed by atoms with Crippen LogP contribution in [0.5, 0.6) is 0 Å². The van der Waals surface area contributed by atoms with Crippen molar-refractivity contribution in [2.24, 2.45) is 0 Å². The van der Waals surface area contributed by atoms with Gasteiger partial charge in [0.05, 0.1) is 16.2 Å². The average Bonchev–Trinajstić information content (AvgIpc) is 2.69. The summed E-state index contributed by atoms with van der Waals surface area (Å²) in [4.78, 5) is 30.6. The number of carbonyl (C=O) groups is 1. The van der Waals surface area contributed by atoms with Gasteiger partial charge in [0.25, 0.3) is 5.56 Å². The van der Waals surface area contributed by atoms with E-state index in [1.807, 2.05) is 71.0 Å². The molecule has 1 N–H and O–H groups in total. The Labute approximate surface area is 175 Å². The third kappa shape index (κ3) is 4.53. The van der Waals surface area contributed by atoms with Gasteiger partial charge in [-0.3, -0.25) is 14.2 Å². The van der Waals surface area contributed by atoms with Gasteiger partial charge in [-0.1, -0.05) is 48.5 Å². The largest absolute Gasteiger partial charge is 0.325 e. The molecule has 0 aliphatic rings. The topological polar surface area (TPSA) is 64.0 Å². The number of aromatic nitrogens is 2. The quantitative estimate of drug-likeness (QED) is 0.454. The first-order valence-corrected chi connectivity index (χ1v) is 10.8. The molecule has 1 amide bonds. The lowest BCUT2D eigenvalue weighted by atomic mass is 10.1. The Hall–Kier alpha value is -2.60. The molecule has 0 unspecified atom stereocenters. The highest BCUT2D eigenvalue weighted by atomic mass is 32.2. The van der Waals surface area contributed by atoms with Gasteiger partial charge in [0.15, 0.2) is 5.16 Å². The number of hydrogen-bond donors (Lipinski definition) is 1. The second kappa shape index (κ2) is 8.82. The van der Waals surface area contributed by atoms with Gasteiger partial charge in [0.2, 0.25) is 5.91 Å². The lowest BCUT2D eigenvalue weighted by Gasteiger charge is -2.20. The second-order valence-electron chi connectivity index (χ2n) is 7.41. The molecule has 3 rings (SSSR count). The number of nitrogens with one attached hydrogen (secondary N) is 1. The summed E-state index contributed by atoms with van der Waals surface area (Å²) in [6.07, 6.45) is 0.802. The number of para-hydroxylation sites is 1. The van der Waals surface area contributed by atoms with Gasteiger partial charge in [-0.2, -0.15) is 0 Å². The maximum atomic E-state index is 13.1. The molecule has 0 radical (unpaired) electrons. The summed E-state index contributed by atoms with van der Waals surface area (Å²) in [6.45, 7) is 9.88. The number of benzene rings is 2. The van der Waals surface area contributed by atoms with Crippen molar-refractivity contribution in [1.82, 2.24) is 9.55 Å². The van der Waals surface area contributed by atoms with Crippen LogP contribution >= 0.6 is 11.8 Å². The van der Waals surface area contributed by atoms with E-state index in [4.69, 9.17) is 4.98 Å². The predicted octanol–water partition coefficient (Wildman–Crippen LogP) is 5.10. The van der Waals surface area contributed by atoms with E-state index in [9.17, 15) is 9.59 Å². The zero-order valence-electron chi connectivity index (χ0n) is 17.5. The van der Waals surface area contributed by atoms with Gasteiger partial charge in [0, 0.05) is 11.7 Å². The molecular formula is C23H27N3O2S. The van der Waals surface area contributed by atoms with Crippen LogP contribution in [0.1, 0.15) is 44.4 Å². The predicted molar refractivity (Wildman–Crippen MR) is 121 cm³/mol. The highest BCUT2D eigenvalue weighted by molar-refractivity contribution is 8.00. The van der Waals surface area contributed by atoms with Crippen LogP contribution in [-0.2, 0) is 4.79 Å². The normalized spacial score (nSPS) is 13.3. The van der Waals surface area contributed by atoms with Crippen molar-refractivity contribution >= 4 is 34.3 Å². The van der Waals surface area contributed by atoms with Gasteiger partial charge in [0.1, 0.15) is 0 Å². The molecule has 29 heavy (non-hydrogen) atoms. The Balaban J connectivity index is 1.91. The average molecular weight is 410 g/mol. The monoisotopic (exact) mass is 409 g/mol. The molecule has 0 fully saturated rings. The molecule has 0 bridgehead atoms. The van der Waals surface area contributed by atoms with Gasteiger partial charge in [-0.05, 0) is 57.9 Å². The van der Waals surface area contributed by atoms with Crippen molar-refractivity contribution in [2.45, 2.75) is 57.5 Å². The van der Waals surface area contributed by atoms with Gasteiger partial charge >= 0.3 is 0 Å². The Morgan fingerprint density at radius 3 is 2.59 bits per heavy atom. The van der Waals surface area contributed by atoms with Crippen LogP contribution in [0.2, 0.25) is 0 Å². The van der Waals surface area contributed by atoms with E-state index in [1.165, 1.54) is 11.8 Å². The van der Waals surface area contributed by atoms with Crippen molar-refractivity contribution < 1.29 is 4.79 Å². The lowest BCUT2D eigenvalue weighted by molar-refractivity contribution is -0.115. The number of rotatable bonds is 6. The Kier molecular flexibility index (Phi) is 6.42. The van der Waals surface area contributed by atoms with E-state index in [0.29, 0.717) is 16.1 Å². The second-order valence-corrected chi connectivity index (χ2v) is 8.72. The van der Waals surface area contributed by atoms with Crippen LogP contribution in [0, 0.1) is 13.8 Å². The fourth-order valence-corrected chi connectivity index (χ4v) is 4.19. The number of nitrogens with zero attached hydrogens (tertiary/aromatic N) is 2. The minimum Gasteiger partial charge on any atom is -0.325 e. The molecule has 2 atom stereocenters.